The van der Waals surface area contributed by atoms with Crippen molar-refractivity contribution in [1.29, 1.82) is 0 Å². The third-order valence-electron chi connectivity index (χ3n) is 4.54. The summed E-state index contributed by atoms with van der Waals surface area (Å²) >= 11 is 0. The van der Waals surface area contributed by atoms with Gasteiger partial charge in [0.15, 0.2) is 5.82 Å². The van der Waals surface area contributed by atoms with Gasteiger partial charge in [-0.1, -0.05) is 0 Å². The van der Waals surface area contributed by atoms with E-state index in [-0.39, 0.29) is 11.4 Å². The quantitative estimate of drug-likeness (QED) is 0.735. The normalized spacial score (nSPS) is 14.4. The van der Waals surface area contributed by atoms with Crippen LogP contribution >= 0.6 is 0 Å². The molecule has 28 heavy (non-hydrogen) atoms. The molecular formula is C18H26N6O3S. The van der Waals surface area contributed by atoms with E-state index in [1.165, 1.54) is 6.07 Å². The molecule has 0 bridgehead atoms. The Morgan fingerprint density at radius 1 is 1.18 bits per heavy atom. The molecule has 9 nitrogen and oxygen atoms in total. The Labute approximate surface area is 165 Å². The van der Waals surface area contributed by atoms with Crippen LogP contribution in [0.5, 0.6) is 5.75 Å². The molecule has 0 spiro atoms. The SMILES string of the molecule is COc1ccc(S(=O)(=O)NCc2nc(N(C)C)nc(N3CCCC3)n2)cc1C. The highest BCUT2D eigenvalue weighted by molar-refractivity contribution is 7.89. The highest BCUT2D eigenvalue weighted by Gasteiger charge is 2.20. The first-order valence-corrected chi connectivity index (χ1v) is 10.6. The summed E-state index contributed by atoms with van der Waals surface area (Å²) in [6.07, 6.45) is 2.20. The number of sulfonamides is 1. The second-order valence-electron chi connectivity index (χ2n) is 6.90. The maximum Gasteiger partial charge on any atom is 0.240 e. The second kappa shape index (κ2) is 8.27. The fraction of sp³-hybridized carbons (Fsp3) is 0.500. The van der Waals surface area contributed by atoms with Crippen molar-refractivity contribution in [2.75, 3.05) is 44.1 Å². The molecule has 1 N–H and O–H groups in total. The average Bonchev–Trinajstić information content (AvgIpc) is 3.21. The van der Waals surface area contributed by atoms with Crippen molar-refractivity contribution in [3.8, 4) is 5.75 Å². The van der Waals surface area contributed by atoms with Crippen molar-refractivity contribution in [2.45, 2.75) is 31.2 Å². The lowest BCUT2D eigenvalue weighted by molar-refractivity contribution is 0.411. The van der Waals surface area contributed by atoms with Crippen LogP contribution in [0.2, 0.25) is 0 Å². The highest BCUT2D eigenvalue weighted by atomic mass is 32.2. The Morgan fingerprint density at radius 2 is 1.89 bits per heavy atom. The molecule has 1 saturated heterocycles. The van der Waals surface area contributed by atoms with Crippen LogP contribution in [0.3, 0.4) is 0 Å². The summed E-state index contributed by atoms with van der Waals surface area (Å²) < 4.78 is 33.1. The van der Waals surface area contributed by atoms with Crippen molar-refractivity contribution >= 4 is 21.9 Å². The van der Waals surface area contributed by atoms with E-state index < -0.39 is 10.0 Å². The zero-order valence-electron chi connectivity index (χ0n) is 16.6. The van der Waals surface area contributed by atoms with Crippen LogP contribution < -0.4 is 19.3 Å². The molecule has 1 aromatic carbocycles. The van der Waals surface area contributed by atoms with Crippen LogP contribution in [0.25, 0.3) is 0 Å². The van der Waals surface area contributed by atoms with E-state index in [1.54, 1.807) is 31.1 Å². The average molecular weight is 407 g/mol. The number of aryl methyl sites for hydroxylation is 1. The van der Waals surface area contributed by atoms with Gasteiger partial charge in [-0.3, -0.25) is 0 Å². The van der Waals surface area contributed by atoms with E-state index in [4.69, 9.17) is 4.74 Å². The van der Waals surface area contributed by atoms with E-state index in [0.29, 0.717) is 23.5 Å². The van der Waals surface area contributed by atoms with Crippen LogP contribution in [-0.4, -0.2) is 57.7 Å². The van der Waals surface area contributed by atoms with Crippen LogP contribution in [0.15, 0.2) is 23.1 Å². The lowest BCUT2D eigenvalue weighted by atomic mass is 10.2. The lowest BCUT2D eigenvalue weighted by Gasteiger charge is -2.19. The molecule has 0 radical (unpaired) electrons. The number of aromatic nitrogens is 3. The van der Waals surface area contributed by atoms with Crippen LogP contribution in [0, 0.1) is 6.92 Å². The Balaban J connectivity index is 1.81. The molecule has 2 aromatic rings. The maximum atomic E-state index is 12.7. The standard InChI is InChI=1S/C18H26N6O3S/c1-13-11-14(7-8-15(13)27-4)28(25,26)19-12-16-20-17(23(2)3)22-18(21-16)24-9-5-6-10-24/h7-8,11,19H,5-6,9-10,12H2,1-4H3. The van der Waals surface area contributed by atoms with Gasteiger partial charge < -0.3 is 14.5 Å². The smallest absolute Gasteiger partial charge is 0.240 e. The minimum absolute atomic E-state index is 0.0163. The summed E-state index contributed by atoms with van der Waals surface area (Å²) in [5.74, 6) is 2.12. The number of hydrogen-bond donors (Lipinski definition) is 1. The molecule has 0 aliphatic carbocycles. The minimum Gasteiger partial charge on any atom is -0.496 e. The third kappa shape index (κ3) is 4.50. The number of rotatable bonds is 7. The van der Waals surface area contributed by atoms with Gasteiger partial charge in [-0.2, -0.15) is 15.0 Å². The summed E-state index contributed by atoms with van der Waals surface area (Å²) in [6, 6.07) is 4.74. The Hall–Kier alpha value is -2.46. The topological polar surface area (TPSA) is 101 Å². The van der Waals surface area contributed by atoms with E-state index >= 15 is 0 Å². The van der Waals surface area contributed by atoms with Crippen molar-refractivity contribution in [2.24, 2.45) is 0 Å². The summed E-state index contributed by atoms with van der Waals surface area (Å²) in [7, 11) is 1.54. The fourth-order valence-corrected chi connectivity index (χ4v) is 4.06. The Kier molecular flexibility index (Phi) is 5.99. The van der Waals surface area contributed by atoms with Gasteiger partial charge in [-0.25, -0.2) is 13.1 Å². The van der Waals surface area contributed by atoms with Gasteiger partial charge in [-0.15, -0.1) is 0 Å². The van der Waals surface area contributed by atoms with Gasteiger partial charge in [0.05, 0.1) is 18.6 Å². The molecule has 2 heterocycles. The molecule has 0 amide bonds. The van der Waals surface area contributed by atoms with Crippen molar-refractivity contribution < 1.29 is 13.2 Å². The number of methoxy groups -OCH3 is 1. The number of nitrogens with zero attached hydrogens (tertiary/aromatic N) is 5. The summed E-state index contributed by atoms with van der Waals surface area (Å²) in [5, 5.41) is 0. The van der Waals surface area contributed by atoms with Gasteiger partial charge in [-0.05, 0) is 43.5 Å². The first-order chi connectivity index (χ1) is 13.3. The van der Waals surface area contributed by atoms with E-state index in [1.807, 2.05) is 14.1 Å². The van der Waals surface area contributed by atoms with Crippen molar-refractivity contribution in [1.82, 2.24) is 19.7 Å². The van der Waals surface area contributed by atoms with Crippen LogP contribution in [0.1, 0.15) is 24.2 Å². The molecule has 152 valence electrons. The summed E-state index contributed by atoms with van der Waals surface area (Å²) in [5.41, 5.74) is 0.747. The molecule has 1 aromatic heterocycles. The van der Waals surface area contributed by atoms with E-state index in [0.717, 1.165) is 31.5 Å². The Morgan fingerprint density at radius 3 is 2.50 bits per heavy atom. The molecule has 1 aliphatic heterocycles. The van der Waals surface area contributed by atoms with Crippen LogP contribution in [-0.2, 0) is 16.6 Å². The molecule has 0 atom stereocenters. The zero-order valence-corrected chi connectivity index (χ0v) is 17.5. The van der Waals surface area contributed by atoms with Gasteiger partial charge in [0, 0.05) is 27.2 Å². The first kappa shape index (κ1) is 20.3. The van der Waals surface area contributed by atoms with E-state index in [9.17, 15) is 8.42 Å². The molecule has 10 heteroatoms. The zero-order chi connectivity index (χ0) is 20.3. The molecule has 3 rings (SSSR count). The number of nitrogens with one attached hydrogen (secondary N) is 1. The van der Waals surface area contributed by atoms with Crippen molar-refractivity contribution in [3.05, 3.63) is 29.6 Å². The Bertz CT molecular complexity index is 942. The molecular weight excluding hydrogens is 380 g/mol. The van der Waals surface area contributed by atoms with Gasteiger partial charge in [0.25, 0.3) is 0 Å². The number of ether oxygens (including phenoxy) is 1. The fourth-order valence-electron chi connectivity index (χ4n) is 2.99. The molecule has 1 aliphatic rings. The predicted octanol–water partition coefficient (Wildman–Crippen LogP) is 1.33. The molecule has 0 unspecified atom stereocenters. The van der Waals surface area contributed by atoms with E-state index in [2.05, 4.69) is 24.6 Å². The van der Waals surface area contributed by atoms with Gasteiger partial charge >= 0.3 is 0 Å². The minimum atomic E-state index is -3.70. The molecule has 0 saturated carbocycles. The lowest BCUT2D eigenvalue weighted by Crippen LogP contribution is -2.27. The predicted molar refractivity (Wildman–Crippen MR) is 107 cm³/mol. The summed E-state index contributed by atoms with van der Waals surface area (Å²) in [6.45, 7) is 3.58. The monoisotopic (exact) mass is 406 g/mol. The third-order valence-corrected chi connectivity index (χ3v) is 5.94. The summed E-state index contributed by atoms with van der Waals surface area (Å²) in [4.78, 5) is 17.4. The van der Waals surface area contributed by atoms with Crippen molar-refractivity contribution in [3.63, 3.8) is 0 Å². The number of benzene rings is 1. The maximum absolute atomic E-state index is 12.7. The van der Waals surface area contributed by atoms with Gasteiger partial charge in [0.1, 0.15) is 5.75 Å². The number of anilines is 2. The highest BCUT2D eigenvalue weighted by Crippen LogP contribution is 2.22. The second-order valence-corrected chi connectivity index (χ2v) is 8.66. The number of hydrogen-bond acceptors (Lipinski definition) is 8. The van der Waals surface area contributed by atoms with Gasteiger partial charge in [0.2, 0.25) is 21.9 Å². The first-order valence-electron chi connectivity index (χ1n) is 9.11. The largest absolute Gasteiger partial charge is 0.496 e. The van der Waals surface area contributed by atoms with Crippen LogP contribution in [0.4, 0.5) is 11.9 Å². The molecule has 1 fully saturated rings.